The fourth-order valence-corrected chi connectivity index (χ4v) is 2.03. The van der Waals surface area contributed by atoms with Crippen molar-refractivity contribution in [3.63, 3.8) is 0 Å². The summed E-state index contributed by atoms with van der Waals surface area (Å²) in [7, 11) is 1.21. The van der Waals surface area contributed by atoms with Crippen molar-refractivity contribution < 1.29 is 19.4 Å². The first kappa shape index (κ1) is 12.3. The zero-order valence-electron chi connectivity index (χ0n) is 9.92. The second kappa shape index (κ2) is 4.62. The Balaban J connectivity index is 2.41. The van der Waals surface area contributed by atoms with Gasteiger partial charge in [-0.2, -0.15) is 0 Å². The topological polar surface area (TPSA) is 66.8 Å². The van der Waals surface area contributed by atoms with Crippen molar-refractivity contribution in [1.82, 2.24) is 4.90 Å². The SMILES string of the molecule is C=C1c2ccccc2C(=O)N1C(CO)C(=O)OC. The number of nitrogens with zero attached hydrogens (tertiary/aromatic N) is 1. The molecule has 1 amide bonds. The van der Waals surface area contributed by atoms with E-state index in [0.717, 1.165) is 0 Å². The number of aliphatic hydroxyl groups excluding tert-OH is 1. The molecule has 0 saturated heterocycles. The maximum Gasteiger partial charge on any atom is 0.331 e. The van der Waals surface area contributed by atoms with Gasteiger partial charge >= 0.3 is 5.97 Å². The molecule has 2 rings (SSSR count). The lowest BCUT2D eigenvalue weighted by Gasteiger charge is -2.24. The lowest BCUT2D eigenvalue weighted by Crippen LogP contribution is -2.43. The number of fused-ring (bicyclic) bond motifs is 1. The quantitative estimate of drug-likeness (QED) is 0.796. The summed E-state index contributed by atoms with van der Waals surface area (Å²) in [6, 6.07) is 5.88. The number of hydrogen-bond acceptors (Lipinski definition) is 4. The highest BCUT2D eigenvalue weighted by Crippen LogP contribution is 2.32. The van der Waals surface area contributed by atoms with Crippen LogP contribution in [0, 0.1) is 0 Å². The van der Waals surface area contributed by atoms with E-state index in [1.54, 1.807) is 24.3 Å². The zero-order chi connectivity index (χ0) is 13.3. The van der Waals surface area contributed by atoms with Crippen LogP contribution in [0.2, 0.25) is 0 Å². The summed E-state index contributed by atoms with van der Waals surface area (Å²) in [6.45, 7) is 3.29. The molecule has 1 heterocycles. The summed E-state index contributed by atoms with van der Waals surface area (Å²) in [5, 5.41) is 9.27. The van der Waals surface area contributed by atoms with E-state index in [1.807, 2.05) is 0 Å². The van der Waals surface area contributed by atoms with Gasteiger partial charge in [0.05, 0.1) is 13.7 Å². The van der Waals surface area contributed by atoms with Crippen LogP contribution in [0.5, 0.6) is 0 Å². The molecule has 1 aromatic carbocycles. The maximum atomic E-state index is 12.2. The number of amides is 1. The van der Waals surface area contributed by atoms with Gasteiger partial charge in [-0.1, -0.05) is 24.8 Å². The number of ether oxygens (including phenoxy) is 1. The summed E-state index contributed by atoms with van der Waals surface area (Å²) in [5.41, 5.74) is 1.55. The molecule has 0 spiro atoms. The van der Waals surface area contributed by atoms with Crippen LogP contribution in [0.1, 0.15) is 15.9 Å². The number of aliphatic hydroxyl groups is 1. The number of hydrogen-bond donors (Lipinski definition) is 1. The second-order valence-corrected chi connectivity index (χ2v) is 3.89. The van der Waals surface area contributed by atoms with Gasteiger partial charge in [0.1, 0.15) is 0 Å². The van der Waals surface area contributed by atoms with Crippen molar-refractivity contribution in [2.45, 2.75) is 6.04 Å². The van der Waals surface area contributed by atoms with Crippen molar-refractivity contribution in [2.75, 3.05) is 13.7 Å². The third-order valence-corrected chi connectivity index (χ3v) is 2.94. The molecule has 5 heteroatoms. The highest BCUT2D eigenvalue weighted by atomic mass is 16.5. The molecular weight excluding hydrogens is 234 g/mol. The molecule has 1 unspecified atom stereocenters. The first-order chi connectivity index (χ1) is 8.61. The fraction of sp³-hybridized carbons (Fsp3) is 0.231. The van der Waals surface area contributed by atoms with E-state index in [1.165, 1.54) is 12.0 Å². The van der Waals surface area contributed by atoms with Crippen LogP contribution in [-0.2, 0) is 9.53 Å². The lowest BCUT2D eigenvalue weighted by atomic mass is 10.1. The van der Waals surface area contributed by atoms with Crippen molar-refractivity contribution in [3.05, 3.63) is 42.0 Å². The largest absolute Gasteiger partial charge is 0.467 e. The van der Waals surface area contributed by atoms with E-state index in [2.05, 4.69) is 11.3 Å². The van der Waals surface area contributed by atoms with Crippen molar-refractivity contribution in [2.24, 2.45) is 0 Å². The normalized spacial score (nSPS) is 15.6. The highest BCUT2D eigenvalue weighted by molar-refractivity contribution is 6.10. The average Bonchev–Trinajstić information content (AvgIpc) is 2.65. The van der Waals surface area contributed by atoms with E-state index in [4.69, 9.17) is 0 Å². The zero-order valence-corrected chi connectivity index (χ0v) is 9.92. The molecule has 0 aromatic heterocycles. The lowest BCUT2D eigenvalue weighted by molar-refractivity contribution is -0.146. The minimum absolute atomic E-state index is 0.347. The smallest absolute Gasteiger partial charge is 0.331 e. The van der Waals surface area contributed by atoms with Crippen LogP contribution < -0.4 is 0 Å². The average molecular weight is 247 g/mol. The summed E-state index contributed by atoms with van der Waals surface area (Å²) in [5.74, 6) is -1.01. The highest BCUT2D eigenvalue weighted by Gasteiger charge is 2.39. The van der Waals surface area contributed by atoms with Crippen LogP contribution >= 0.6 is 0 Å². The number of rotatable bonds is 3. The van der Waals surface area contributed by atoms with E-state index < -0.39 is 18.6 Å². The third kappa shape index (κ3) is 1.69. The Labute approximate surface area is 104 Å². The van der Waals surface area contributed by atoms with Crippen molar-refractivity contribution >= 4 is 17.6 Å². The van der Waals surface area contributed by atoms with Crippen LogP contribution in [0.25, 0.3) is 5.70 Å². The molecule has 0 saturated carbocycles. The first-order valence-corrected chi connectivity index (χ1v) is 5.42. The number of esters is 1. The molecule has 1 N–H and O–H groups in total. The van der Waals surface area contributed by atoms with Gasteiger partial charge in [0, 0.05) is 16.8 Å². The standard InChI is InChI=1S/C13H13NO4/c1-8-9-5-3-4-6-10(9)12(16)14(8)11(7-15)13(17)18-2/h3-6,11,15H,1,7H2,2H3. The van der Waals surface area contributed by atoms with Gasteiger partial charge in [-0.05, 0) is 6.07 Å². The molecule has 0 aliphatic carbocycles. The number of carbonyl (C=O) groups is 2. The molecule has 18 heavy (non-hydrogen) atoms. The molecule has 1 aliphatic rings. The molecular formula is C13H13NO4. The molecule has 0 radical (unpaired) electrons. The number of benzene rings is 1. The Morgan fingerprint density at radius 2 is 2.06 bits per heavy atom. The predicted octanol–water partition coefficient (Wildman–Crippen LogP) is 0.647. The predicted molar refractivity (Wildman–Crippen MR) is 64.5 cm³/mol. The Morgan fingerprint density at radius 3 is 2.56 bits per heavy atom. The van der Waals surface area contributed by atoms with Crippen LogP contribution in [0.4, 0.5) is 0 Å². The minimum Gasteiger partial charge on any atom is -0.467 e. The molecule has 5 nitrogen and oxygen atoms in total. The van der Waals surface area contributed by atoms with Crippen LogP contribution in [-0.4, -0.2) is 41.6 Å². The Bertz CT molecular complexity index is 488. The summed E-state index contributed by atoms with van der Waals surface area (Å²) < 4.78 is 4.58. The van der Waals surface area contributed by atoms with Gasteiger partial charge in [0.2, 0.25) is 0 Å². The number of carbonyl (C=O) groups excluding carboxylic acids is 2. The van der Waals surface area contributed by atoms with Gasteiger partial charge in [0.15, 0.2) is 6.04 Å². The molecule has 1 aromatic rings. The molecule has 0 bridgehead atoms. The van der Waals surface area contributed by atoms with Gasteiger partial charge in [-0.25, -0.2) is 4.79 Å². The fourth-order valence-electron chi connectivity index (χ4n) is 2.03. The van der Waals surface area contributed by atoms with E-state index >= 15 is 0 Å². The van der Waals surface area contributed by atoms with E-state index in [9.17, 15) is 14.7 Å². The monoisotopic (exact) mass is 247 g/mol. The van der Waals surface area contributed by atoms with Gasteiger partial charge in [-0.3, -0.25) is 9.69 Å². The number of methoxy groups -OCH3 is 1. The Kier molecular flexibility index (Phi) is 3.16. The summed E-state index contributed by atoms with van der Waals surface area (Å²) >= 11 is 0. The minimum atomic E-state index is -1.05. The molecule has 1 atom stereocenters. The summed E-state index contributed by atoms with van der Waals surface area (Å²) in [6.07, 6.45) is 0. The summed E-state index contributed by atoms with van der Waals surface area (Å²) in [4.78, 5) is 24.9. The molecule has 0 fully saturated rings. The van der Waals surface area contributed by atoms with Gasteiger partial charge in [-0.15, -0.1) is 0 Å². The van der Waals surface area contributed by atoms with E-state index in [0.29, 0.717) is 16.8 Å². The molecule has 94 valence electrons. The molecule has 1 aliphatic heterocycles. The van der Waals surface area contributed by atoms with Crippen LogP contribution in [0.3, 0.4) is 0 Å². The Hall–Kier alpha value is -2.14. The van der Waals surface area contributed by atoms with Gasteiger partial charge < -0.3 is 9.84 Å². The second-order valence-electron chi connectivity index (χ2n) is 3.89. The maximum absolute atomic E-state index is 12.2. The van der Waals surface area contributed by atoms with Gasteiger partial charge in [0.25, 0.3) is 5.91 Å². The van der Waals surface area contributed by atoms with E-state index in [-0.39, 0.29) is 5.91 Å². The third-order valence-electron chi connectivity index (χ3n) is 2.94. The van der Waals surface area contributed by atoms with Crippen LogP contribution in [0.15, 0.2) is 30.8 Å². The van der Waals surface area contributed by atoms with Crippen molar-refractivity contribution in [3.8, 4) is 0 Å². The first-order valence-electron chi connectivity index (χ1n) is 5.42. The van der Waals surface area contributed by atoms with Crippen molar-refractivity contribution in [1.29, 1.82) is 0 Å². The Morgan fingerprint density at radius 1 is 1.44 bits per heavy atom.